The lowest BCUT2D eigenvalue weighted by Gasteiger charge is -2.22. The van der Waals surface area contributed by atoms with Crippen LogP contribution in [0.3, 0.4) is 0 Å². The van der Waals surface area contributed by atoms with E-state index in [1.807, 2.05) is 48.8 Å². The summed E-state index contributed by atoms with van der Waals surface area (Å²) >= 11 is 0. The Bertz CT molecular complexity index is 1600. The second-order valence-electron chi connectivity index (χ2n) is 12.0. The third-order valence-electron chi connectivity index (χ3n) is 7.97. The summed E-state index contributed by atoms with van der Waals surface area (Å²) in [6, 6.07) is 38.1. The van der Waals surface area contributed by atoms with Gasteiger partial charge in [0, 0.05) is 23.0 Å². The Morgan fingerprint density at radius 3 is 1.07 bits per heavy atom. The third-order valence-corrected chi connectivity index (χ3v) is 13.2. The van der Waals surface area contributed by atoms with E-state index in [1.54, 1.807) is 14.2 Å². The number of nitrogens with zero attached hydrogens (tertiary/aromatic N) is 2. The molecular formula is C38H40N2O2Si2. The molecule has 0 aliphatic rings. The van der Waals surface area contributed by atoms with E-state index in [-0.39, 0.29) is 0 Å². The van der Waals surface area contributed by atoms with Gasteiger partial charge in [0.15, 0.2) is 0 Å². The predicted molar refractivity (Wildman–Crippen MR) is 189 cm³/mol. The van der Waals surface area contributed by atoms with E-state index in [9.17, 15) is 0 Å². The first-order chi connectivity index (χ1) is 21.2. The largest absolute Gasteiger partial charge is 0.497 e. The van der Waals surface area contributed by atoms with Crippen LogP contribution in [0.4, 0.5) is 0 Å². The zero-order valence-electron chi connectivity index (χ0n) is 26.4. The highest BCUT2D eigenvalue weighted by molar-refractivity contribution is 6.94. The van der Waals surface area contributed by atoms with Gasteiger partial charge in [-0.15, -0.1) is 0 Å². The second-order valence-corrected chi connectivity index (χ2v) is 20.5. The lowest BCUT2D eigenvalue weighted by Crippen LogP contribution is -2.42. The van der Waals surface area contributed by atoms with Gasteiger partial charge in [0.25, 0.3) is 0 Å². The molecule has 6 heteroatoms. The van der Waals surface area contributed by atoms with Crippen molar-refractivity contribution in [2.75, 3.05) is 14.2 Å². The number of methoxy groups -OCH3 is 2. The number of benzene rings is 3. The molecule has 0 aliphatic heterocycles. The first kappa shape index (κ1) is 30.9. The van der Waals surface area contributed by atoms with Crippen LogP contribution >= 0.6 is 0 Å². The van der Waals surface area contributed by atoms with Crippen molar-refractivity contribution >= 4 is 37.9 Å². The smallest absolute Gasteiger partial charge is 0.128 e. The zero-order chi connectivity index (χ0) is 31.2. The van der Waals surface area contributed by atoms with Gasteiger partial charge in [-0.05, 0) is 81.9 Å². The van der Waals surface area contributed by atoms with Crippen LogP contribution in [0.25, 0.3) is 11.1 Å². The van der Waals surface area contributed by atoms with Crippen molar-refractivity contribution in [3.8, 4) is 11.5 Å². The van der Waals surface area contributed by atoms with E-state index in [4.69, 9.17) is 19.4 Å². The summed E-state index contributed by atoms with van der Waals surface area (Å²) in [5.74, 6) is 1.69. The summed E-state index contributed by atoms with van der Waals surface area (Å²) in [5.41, 5.74) is 12.0. The van der Waals surface area contributed by atoms with Crippen LogP contribution in [-0.2, 0) is 0 Å². The summed E-state index contributed by atoms with van der Waals surface area (Å²) in [6.45, 7) is 9.40. The lowest BCUT2D eigenvalue weighted by molar-refractivity contribution is 0.414. The molecule has 5 rings (SSSR count). The molecule has 44 heavy (non-hydrogen) atoms. The second kappa shape index (κ2) is 13.4. The highest BCUT2D eigenvalue weighted by Crippen LogP contribution is 2.32. The van der Waals surface area contributed by atoms with Crippen LogP contribution in [-0.4, -0.2) is 40.3 Å². The van der Waals surface area contributed by atoms with E-state index in [0.29, 0.717) is 0 Å². The van der Waals surface area contributed by atoms with Crippen molar-refractivity contribution in [3.63, 3.8) is 0 Å². The summed E-state index contributed by atoms with van der Waals surface area (Å²) in [5, 5.41) is 2.32. The molecule has 0 radical (unpaired) electrons. The van der Waals surface area contributed by atoms with Crippen molar-refractivity contribution in [2.45, 2.75) is 26.2 Å². The monoisotopic (exact) mass is 612 g/mol. The van der Waals surface area contributed by atoms with Gasteiger partial charge in [-0.2, -0.15) is 0 Å². The SMILES string of the molecule is COc1ccc(/C(=C\[Si](C)(C)c2ccccn2)c2ccc(/C(=C/[Si](C)(C)c3ccccn3)c3ccc(OC)cc3)cc2)cc1. The molecule has 0 spiro atoms. The minimum atomic E-state index is -2.03. The van der Waals surface area contributed by atoms with E-state index in [1.165, 1.54) is 22.3 Å². The van der Waals surface area contributed by atoms with Crippen LogP contribution in [0.15, 0.2) is 133 Å². The zero-order valence-corrected chi connectivity index (χ0v) is 28.4. The van der Waals surface area contributed by atoms with E-state index >= 15 is 0 Å². The quantitative estimate of drug-likeness (QED) is 0.152. The van der Waals surface area contributed by atoms with E-state index < -0.39 is 16.1 Å². The fraction of sp³-hybridized carbons (Fsp3) is 0.158. The molecule has 0 fully saturated rings. The average molecular weight is 613 g/mol. The van der Waals surface area contributed by atoms with Crippen LogP contribution in [0.1, 0.15) is 22.3 Å². The first-order valence-electron chi connectivity index (χ1n) is 14.9. The molecule has 0 bridgehead atoms. The van der Waals surface area contributed by atoms with Crippen LogP contribution in [0.2, 0.25) is 26.2 Å². The molecule has 222 valence electrons. The first-order valence-corrected chi connectivity index (χ1v) is 21.0. The minimum absolute atomic E-state index is 0.846. The Balaban J connectivity index is 1.61. The fourth-order valence-electron chi connectivity index (χ4n) is 5.39. The molecular weight excluding hydrogens is 573 g/mol. The predicted octanol–water partition coefficient (Wildman–Crippen LogP) is 7.67. The summed E-state index contributed by atoms with van der Waals surface area (Å²) in [6.07, 6.45) is 3.78. The van der Waals surface area contributed by atoms with Crippen molar-refractivity contribution in [1.82, 2.24) is 9.97 Å². The molecule has 3 aromatic carbocycles. The highest BCUT2D eigenvalue weighted by Gasteiger charge is 2.26. The average Bonchev–Trinajstić information content (AvgIpc) is 3.07. The summed E-state index contributed by atoms with van der Waals surface area (Å²) in [7, 11) is -0.647. The number of pyridine rings is 2. The number of hydrogen-bond acceptors (Lipinski definition) is 4. The maximum atomic E-state index is 5.46. The molecule has 5 aromatic rings. The topological polar surface area (TPSA) is 44.2 Å². The van der Waals surface area contributed by atoms with Gasteiger partial charge in [0.2, 0.25) is 0 Å². The van der Waals surface area contributed by atoms with Gasteiger partial charge in [-0.25, -0.2) is 0 Å². The third kappa shape index (κ3) is 7.15. The Kier molecular flexibility index (Phi) is 9.42. The van der Waals surface area contributed by atoms with E-state index in [0.717, 1.165) is 33.3 Å². The molecule has 0 amide bonds. The molecule has 0 atom stereocenters. The Labute approximate surface area is 263 Å². The number of hydrogen-bond donors (Lipinski definition) is 0. The van der Waals surface area contributed by atoms with Crippen LogP contribution < -0.4 is 20.1 Å². The van der Waals surface area contributed by atoms with Crippen molar-refractivity contribution in [3.05, 3.63) is 155 Å². The Morgan fingerprint density at radius 2 is 0.795 bits per heavy atom. The van der Waals surface area contributed by atoms with Gasteiger partial charge in [0.1, 0.15) is 27.6 Å². The van der Waals surface area contributed by atoms with Crippen LogP contribution in [0, 0.1) is 0 Å². The lowest BCUT2D eigenvalue weighted by atomic mass is 9.95. The normalized spacial score (nSPS) is 12.6. The van der Waals surface area contributed by atoms with Crippen LogP contribution in [0.5, 0.6) is 11.5 Å². The van der Waals surface area contributed by atoms with Gasteiger partial charge >= 0.3 is 0 Å². The molecule has 2 heterocycles. The van der Waals surface area contributed by atoms with Crippen molar-refractivity contribution in [2.24, 2.45) is 0 Å². The molecule has 4 nitrogen and oxygen atoms in total. The van der Waals surface area contributed by atoms with Gasteiger partial charge in [-0.1, -0.05) is 98.3 Å². The number of aromatic nitrogens is 2. The Morgan fingerprint density at radius 1 is 0.477 bits per heavy atom. The minimum Gasteiger partial charge on any atom is -0.497 e. The van der Waals surface area contributed by atoms with Crippen molar-refractivity contribution < 1.29 is 9.47 Å². The van der Waals surface area contributed by atoms with Gasteiger partial charge in [-0.3, -0.25) is 9.97 Å². The molecule has 0 unspecified atom stereocenters. The van der Waals surface area contributed by atoms with Gasteiger partial charge < -0.3 is 9.47 Å². The molecule has 0 saturated carbocycles. The molecule has 0 N–H and O–H groups in total. The van der Waals surface area contributed by atoms with Gasteiger partial charge in [0.05, 0.1) is 14.2 Å². The fourth-order valence-corrected chi connectivity index (χ4v) is 9.67. The summed E-state index contributed by atoms with van der Waals surface area (Å²) < 4.78 is 10.9. The molecule has 2 aromatic heterocycles. The summed E-state index contributed by atoms with van der Waals surface area (Å²) in [4.78, 5) is 9.48. The number of ether oxygens (including phenoxy) is 2. The van der Waals surface area contributed by atoms with E-state index in [2.05, 4.69) is 110 Å². The molecule has 0 aliphatic carbocycles. The maximum absolute atomic E-state index is 5.46. The standard InChI is InChI=1S/C38H40N2O2Si2/c1-41-33-21-17-31(18-22-33)35(27-43(3,4)37-11-7-9-25-39-37)29-13-15-30(16-14-29)36(32-19-23-34(42-2)24-20-32)28-44(5,6)38-12-8-10-26-40-38/h7-28H,1-6H3/b35-27-,36-28-. The number of rotatable bonds is 10. The maximum Gasteiger partial charge on any atom is 0.128 e. The Hall–Kier alpha value is -4.53. The van der Waals surface area contributed by atoms with Crippen molar-refractivity contribution in [1.29, 1.82) is 0 Å². The highest BCUT2D eigenvalue weighted by atomic mass is 28.3. The molecule has 0 saturated heterocycles.